The first kappa shape index (κ1) is 16.9. The Morgan fingerprint density at radius 3 is 2.40 bits per heavy atom. The van der Waals surface area contributed by atoms with Crippen molar-refractivity contribution in [2.75, 3.05) is 0 Å². The molecule has 3 rings (SSSR count). The van der Waals surface area contributed by atoms with Crippen LogP contribution in [0.5, 0.6) is 0 Å². The highest BCUT2D eigenvalue weighted by Gasteiger charge is 2.17. The molecule has 3 aromatic rings. The van der Waals surface area contributed by atoms with Gasteiger partial charge in [-0.2, -0.15) is 5.10 Å². The van der Waals surface area contributed by atoms with Gasteiger partial charge in [0.2, 0.25) is 0 Å². The van der Waals surface area contributed by atoms with Gasteiger partial charge >= 0.3 is 0 Å². The van der Waals surface area contributed by atoms with Gasteiger partial charge in [0.05, 0.1) is 11.9 Å². The van der Waals surface area contributed by atoms with Crippen LogP contribution in [0.3, 0.4) is 0 Å². The van der Waals surface area contributed by atoms with E-state index in [1.165, 1.54) is 4.68 Å². The van der Waals surface area contributed by atoms with Crippen LogP contribution in [0.2, 0.25) is 0 Å². The summed E-state index contributed by atoms with van der Waals surface area (Å²) >= 11 is 0. The van der Waals surface area contributed by atoms with Crippen LogP contribution in [0.25, 0.3) is 10.8 Å². The molecule has 0 saturated heterocycles. The average Bonchev–Trinajstić information content (AvgIpc) is 2.64. The lowest BCUT2D eigenvalue weighted by Crippen LogP contribution is -2.35. The topological polar surface area (TPSA) is 64.0 Å². The Morgan fingerprint density at radius 2 is 1.72 bits per heavy atom. The van der Waals surface area contributed by atoms with Crippen molar-refractivity contribution in [2.45, 2.75) is 32.9 Å². The van der Waals surface area contributed by atoms with Gasteiger partial charge in [0.25, 0.3) is 11.5 Å². The number of amides is 1. The fourth-order valence-electron chi connectivity index (χ4n) is 2.66. The molecule has 0 aliphatic rings. The number of hydrogen-bond donors (Lipinski definition) is 1. The number of benzene rings is 2. The Bertz CT molecular complexity index is 948. The molecule has 0 saturated carbocycles. The molecular formula is C20H21N3O2. The molecule has 5 heteroatoms. The highest BCUT2D eigenvalue weighted by atomic mass is 16.2. The molecule has 0 aliphatic carbocycles. The first-order valence-electron chi connectivity index (χ1n) is 8.44. The van der Waals surface area contributed by atoms with Gasteiger partial charge in [-0.1, -0.05) is 55.5 Å². The Hall–Kier alpha value is -2.95. The molecule has 0 unspecified atom stereocenters. The minimum absolute atomic E-state index is 0.0440. The molecule has 1 N–H and O–H groups in total. The molecule has 2 aromatic carbocycles. The molecule has 5 nitrogen and oxygen atoms in total. The maximum absolute atomic E-state index is 12.8. The normalized spacial score (nSPS) is 12.1. The van der Waals surface area contributed by atoms with Gasteiger partial charge in [-0.3, -0.25) is 9.59 Å². The second-order valence-electron chi connectivity index (χ2n) is 6.13. The third-order valence-electron chi connectivity index (χ3n) is 4.25. The van der Waals surface area contributed by atoms with Gasteiger partial charge in [0.15, 0.2) is 5.69 Å². The van der Waals surface area contributed by atoms with Crippen molar-refractivity contribution < 1.29 is 4.79 Å². The number of carbonyl (C=O) groups is 1. The molecular weight excluding hydrogens is 314 g/mol. The third kappa shape index (κ3) is 3.60. The summed E-state index contributed by atoms with van der Waals surface area (Å²) < 4.78 is 1.36. The molecule has 1 heterocycles. The van der Waals surface area contributed by atoms with Gasteiger partial charge < -0.3 is 5.32 Å². The quantitative estimate of drug-likeness (QED) is 0.779. The summed E-state index contributed by atoms with van der Waals surface area (Å²) in [6.45, 7) is 4.28. The molecule has 1 atom stereocenters. The van der Waals surface area contributed by atoms with Crippen LogP contribution in [0.1, 0.15) is 36.3 Å². The monoisotopic (exact) mass is 335 g/mol. The van der Waals surface area contributed by atoms with Crippen LogP contribution in [0, 0.1) is 0 Å². The van der Waals surface area contributed by atoms with Crippen molar-refractivity contribution in [3.63, 3.8) is 0 Å². The van der Waals surface area contributed by atoms with E-state index in [0.29, 0.717) is 17.3 Å². The van der Waals surface area contributed by atoms with Crippen molar-refractivity contribution in [1.82, 2.24) is 15.1 Å². The van der Waals surface area contributed by atoms with Crippen LogP contribution >= 0.6 is 0 Å². The van der Waals surface area contributed by atoms with Gasteiger partial charge in [0.1, 0.15) is 0 Å². The van der Waals surface area contributed by atoms with Crippen molar-refractivity contribution in [1.29, 1.82) is 0 Å². The molecule has 128 valence electrons. The van der Waals surface area contributed by atoms with Crippen molar-refractivity contribution in [2.24, 2.45) is 0 Å². The van der Waals surface area contributed by atoms with Crippen LogP contribution < -0.4 is 10.9 Å². The Morgan fingerprint density at radius 1 is 1.08 bits per heavy atom. The summed E-state index contributed by atoms with van der Waals surface area (Å²) in [6, 6.07) is 16.8. The number of nitrogens with zero attached hydrogens (tertiary/aromatic N) is 2. The van der Waals surface area contributed by atoms with E-state index in [1.54, 1.807) is 18.2 Å². The average molecular weight is 335 g/mol. The number of nitrogens with one attached hydrogen (secondary N) is 1. The number of hydrogen-bond acceptors (Lipinski definition) is 3. The standard InChI is InChI=1S/C20H21N3O2/c1-3-14(2)21-19(24)18-16-11-7-8-12-17(16)20(25)23(22-18)13-15-9-5-4-6-10-15/h4-12,14H,3,13H2,1-2H3,(H,21,24)/t14-/m0/s1. The van der Waals surface area contributed by atoms with Gasteiger partial charge in [-0.15, -0.1) is 0 Å². The largest absolute Gasteiger partial charge is 0.348 e. The zero-order valence-electron chi connectivity index (χ0n) is 14.4. The van der Waals surface area contributed by atoms with E-state index in [0.717, 1.165) is 12.0 Å². The molecule has 1 amide bonds. The third-order valence-corrected chi connectivity index (χ3v) is 4.25. The second kappa shape index (κ2) is 7.30. The van der Waals surface area contributed by atoms with Gasteiger partial charge in [0, 0.05) is 11.4 Å². The van der Waals surface area contributed by atoms with Crippen molar-refractivity contribution in [3.05, 3.63) is 76.2 Å². The highest BCUT2D eigenvalue weighted by molar-refractivity contribution is 6.04. The van der Waals surface area contributed by atoms with Crippen molar-refractivity contribution >= 4 is 16.7 Å². The Labute approximate surface area is 146 Å². The first-order chi connectivity index (χ1) is 12.1. The van der Waals surface area contributed by atoms with Crippen LogP contribution in [0.15, 0.2) is 59.4 Å². The van der Waals surface area contributed by atoms with Crippen LogP contribution in [-0.2, 0) is 6.54 Å². The Balaban J connectivity index is 2.11. The SMILES string of the molecule is CC[C@H](C)NC(=O)c1nn(Cc2ccccc2)c(=O)c2ccccc12. The first-order valence-corrected chi connectivity index (χ1v) is 8.44. The van der Waals surface area contributed by atoms with E-state index in [-0.39, 0.29) is 23.2 Å². The van der Waals surface area contributed by atoms with Crippen molar-refractivity contribution in [3.8, 4) is 0 Å². The molecule has 0 bridgehead atoms. The summed E-state index contributed by atoms with van der Waals surface area (Å²) in [5.41, 5.74) is 1.05. The summed E-state index contributed by atoms with van der Waals surface area (Å²) in [5, 5.41) is 8.39. The summed E-state index contributed by atoms with van der Waals surface area (Å²) in [7, 11) is 0. The summed E-state index contributed by atoms with van der Waals surface area (Å²) in [4.78, 5) is 25.4. The molecule has 0 fully saturated rings. The highest BCUT2D eigenvalue weighted by Crippen LogP contribution is 2.14. The molecule has 25 heavy (non-hydrogen) atoms. The fraction of sp³-hybridized carbons (Fsp3) is 0.250. The summed E-state index contributed by atoms with van der Waals surface area (Å²) in [6.07, 6.45) is 0.827. The van der Waals surface area contributed by atoms with Crippen LogP contribution in [0.4, 0.5) is 0 Å². The predicted molar refractivity (Wildman–Crippen MR) is 98.8 cm³/mol. The molecule has 0 spiro atoms. The number of aromatic nitrogens is 2. The van der Waals surface area contributed by atoms with Crippen LogP contribution in [-0.4, -0.2) is 21.7 Å². The Kier molecular flexibility index (Phi) is 4.93. The zero-order valence-corrected chi connectivity index (χ0v) is 14.4. The fourth-order valence-corrected chi connectivity index (χ4v) is 2.66. The number of carbonyl (C=O) groups excluding carboxylic acids is 1. The minimum atomic E-state index is -0.257. The molecule has 0 aliphatic heterocycles. The molecule has 1 aromatic heterocycles. The van der Waals surface area contributed by atoms with Gasteiger partial charge in [-0.05, 0) is 25.0 Å². The van der Waals surface area contributed by atoms with Gasteiger partial charge in [-0.25, -0.2) is 4.68 Å². The lowest BCUT2D eigenvalue weighted by Gasteiger charge is -2.14. The molecule has 0 radical (unpaired) electrons. The lowest BCUT2D eigenvalue weighted by atomic mass is 10.1. The van der Waals surface area contributed by atoms with E-state index in [9.17, 15) is 9.59 Å². The van der Waals surface area contributed by atoms with E-state index < -0.39 is 0 Å². The van der Waals surface area contributed by atoms with E-state index in [4.69, 9.17) is 0 Å². The number of rotatable bonds is 5. The second-order valence-corrected chi connectivity index (χ2v) is 6.13. The maximum Gasteiger partial charge on any atom is 0.274 e. The number of fused-ring (bicyclic) bond motifs is 1. The zero-order chi connectivity index (χ0) is 17.8. The lowest BCUT2D eigenvalue weighted by molar-refractivity contribution is 0.0934. The van der Waals surface area contributed by atoms with E-state index in [2.05, 4.69) is 10.4 Å². The maximum atomic E-state index is 12.8. The van der Waals surface area contributed by atoms with E-state index in [1.807, 2.05) is 50.2 Å². The summed E-state index contributed by atoms with van der Waals surface area (Å²) in [5.74, 6) is -0.257. The van der Waals surface area contributed by atoms with E-state index >= 15 is 0 Å². The predicted octanol–water partition coefficient (Wildman–Crippen LogP) is 2.97. The smallest absolute Gasteiger partial charge is 0.274 e. The minimum Gasteiger partial charge on any atom is -0.348 e.